The van der Waals surface area contributed by atoms with Crippen LogP contribution in [0.1, 0.15) is 0 Å². The number of nitrogens with one attached hydrogen (secondary N) is 1. The van der Waals surface area contributed by atoms with Gasteiger partial charge in [-0.3, -0.25) is 0 Å². The van der Waals surface area contributed by atoms with Crippen LogP contribution in [0.4, 0.5) is 0 Å². The highest BCUT2D eigenvalue weighted by Crippen LogP contribution is 2.25. The molecule has 3 aliphatic heterocycles. The van der Waals surface area contributed by atoms with Crippen LogP contribution in [0, 0.1) is 5.92 Å². The molecule has 0 aromatic heterocycles. The van der Waals surface area contributed by atoms with Gasteiger partial charge in [-0.1, -0.05) is 0 Å². The molecule has 2 bridgehead atoms. The van der Waals surface area contributed by atoms with E-state index in [9.17, 15) is 0 Å². The predicted molar refractivity (Wildman–Crippen MR) is 29.5 cm³/mol. The average Bonchev–Trinajstić information content (AvgIpc) is 1.87. The van der Waals surface area contributed by atoms with Crippen LogP contribution in [0.5, 0.6) is 0 Å². The zero-order valence-electron chi connectivity index (χ0n) is 5.28. The zero-order chi connectivity index (χ0) is 7.19. The minimum absolute atomic E-state index is 0.338. The molecule has 0 unspecified atom stereocenters. The van der Waals surface area contributed by atoms with Gasteiger partial charge >= 0.3 is 0 Å². The molecule has 0 aliphatic carbocycles. The Morgan fingerprint density at radius 2 is 1.90 bits per heavy atom. The molecule has 3 fully saturated rings. The molecule has 5 heteroatoms. The lowest BCUT2D eigenvalue weighted by atomic mass is 10.1. The van der Waals surface area contributed by atoms with Gasteiger partial charge in [-0.05, 0) is 0 Å². The highest BCUT2D eigenvalue weighted by Gasteiger charge is 2.46. The van der Waals surface area contributed by atoms with E-state index < -0.39 is 12.3 Å². The molecule has 0 amide bonds. The van der Waals surface area contributed by atoms with Gasteiger partial charge in [0.2, 0.25) is 12.3 Å². The van der Waals surface area contributed by atoms with E-state index in [1.54, 1.807) is 0 Å². The van der Waals surface area contributed by atoms with Gasteiger partial charge in [-0.25, -0.2) is 5.32 Å². The molecule has 3 N–H and O–H groups in total. The van der Waals surface area contributed by atoms with E-state index in [0.29, 0.717) is 13.2 Å². The van der Waals surface area contributed by atoms with Gasteiger partial charge < -0.3 is 19.7 Å². The van der Waals surface area contributed by atoms with Crippen molar-refractivity contribution in [1.29, 1.82) is 0 Å². The van der Waals surface area contributed by atoms with Crippen molar-refractivity contribution in [3.05, 3.63) is 0 Å². The monoisotopic (exact) mass is 147 g/mol. The van der Waals surface area contributed by atoms with Gasteiger partial charge in [0.25, 0.3) is 0 Å². The Hall–Kier alpha value is -0.200. The Morgan fingerprint density at radius 1 is 1.30 bits per heavy atom. The van der Waals surface area contributed by atoms with Gasteiger partial charge in [-0.15, -0.1) is 0 Å². The molecule has 3 heterocycles. The van der Waals surface area contributed by atoms with E-state index in [4.69, 9.17) is 19.7 Å². The van der Waals surface area contributed by atoms with Gasteiger partial charge in [0, 0.05) is 0 Å². The van der Waals surface area contributed by atoms with Crippen molar-refractivity contribution >= 4 is 0 Å². The van der Waals surface area contributed by atoms with Crippen LogP contribution in [-0.4, -0.2) is 35.8 Å². The number of hydrogen-bond donors (Lipinski definition) is 3. The minimum atomic E-state index is -1.80. The first kappa shape index (κ1) is 6.51. The molecule has 3 saturated heterocycles. The lowest BCUT2D eigenvalue weighted by Gasteiger charge is -2.44. The van der Waals surface area contributed by atoms with E-state index in [1.807, 2.05) is 0 Å². The number of rotatable bonds is 0. The van der Waals surface area contributed by atoms with Gasteiger partial charge in [0.1, 0.15) is 0 Å². The molecule has 58 valence electrons. The lowest BCUT2D eigenvalue weighted by molar-refractivity contribution is -0.377. The topological polar surface area (TPSA) is 71.0 Å². The normalized spacial score (nSPS) is 43.8. The summed E-state index contributed by atoms with van der Waals surface area (Å²) in [5, 5.41) is 20.7. The quantitative estimate of drug-likeness (QED) is 0.352. The molecular weight excluding hydrogens is 138 g/mol. The Balaban J connectivity index is 2.15. The third-order valence-corrected chi connectivity index (χ3v) is 1.80. The summed E-state index contributed by atoms with van der Waals surface area (Å²) >= 11 is 0. The fourth-order valence-corrected chi connectivity index (χ4v) is 1.11. The second kappa shape index (κ2) is 1.90. The maximum absolute atomic E-state index is 9.15. The Kier molecular flexibility index (Phi) is 1.23. The van der Waals surface area contributed by atoms with E-state index in [-0.39, 0.29) is 5.92 Å². The molecule has 0 atom stereocenters. The van der Waals surface area contributed by atoms with E-state index >= 15 is 0 Å². The fourth-order valence-electron chi connectivity index (χ4n) is 1.11. The third kappa shape index (κ3) is 0.834. The summed E-state index contributed by atoms with van der Waals surface area (Å²) in [6, 6.07) is 0. The first-order valence-corrected chi connectivity index (χ1v) is 3.14. The van der Waals surface area contributed by atoms with Crippen LogP contribution >= 0.6 is 0 Å². The minimum Gasteiger partial charge on any atom is -0.353 e. The number of hydrogen-bond acceptors (Lipinski definition) is 5. The Bertz CT molecular complexity index is 141. The van der Waals surface area contributed by atoms with Gasteiger partial charge in [0.05, 0.1) is 19.1 Å². The Morgan fingerprint density at radius 3 is 2.10 bits per heavy atom. The van der Waals surface area contributed by atoms with Crippen molar-refractivity contribution in [2.24, 2.45) is 5.92 Å². The molecule has 0 radical (unpaired) electrons. The van der Waals surface area contributed by atoms with Crippen LogP contribution in [0.2, 0.25) is 0 Å². The van der Waals surface area contributed by atoms with Crippen molar-refractivity contribution in [1.82, 2.24) is 5.32 Å². The van der Waals surface area contributed by atoms with Crippen LogP contribution in [0.15, 0.2) is 0 Å². The second-order valence-corrected chi connectivity index (χ2v) is 2.57. The average molecular weight is 147 g/mol. The van der Waals surface area contributed by atoms with Crippen molar-refractivity contribution in [2.45, 2.75) is 12.3 Å². The van der Waals surface area contributed by atoms with Crippen molar-refractivity contribution in [2.75, 3.05) is 13.2 Å². The summed E-state index contributed by atoms with van der Waals surface area (Å²) in [5.74, 6) is -2.18. The molecular formula is C5H9NO4. The van der Waals surface area contributed by atoms with E-state index in [0.717, 1.165) is 0 Å². The lowest BCUT2D eigenvalue weighted by Crippen LogP contribution is -2.67. The highest BCUT2D eigenvalue weighted by atomic mass is 16.7. The van der Waals surface area contributed by atoms with Crippen molar-refractivity contribution < 1.29 is 19.7 Å². The summed E-state index contributed by atoms with van der Waals surface area (Å²) in [7, 11) is 0. The zero-order valence-corrected chi connectivity index (χ0v) is 5.28. The maximum Gasteiger partial charge on any atom is 0.233 e. The van der Waals surface area contributed by atoms with Gasteiger partial charge in [-0.2, -0.15) is 0 Å². The maximum atomic E-state index is 9.15. The van der Waals surface area contributed by atoms with Crippen LogP contribution in [0.3, 0.4) is 0 Å². The van der Waals surface area contributed by atoms with Crippen LogP contribution in [0.25, 0.3) is 0 Å². The standard InChI is InChI=1S/C5H9NO4/c7-5(8)3-1-9-4(6-5)10-2-3/h3-4,6-8H,1-2H2. The molecule has 5 nitrogen and oxygen atoms in total. The molecule has 0 aromatic carbocycles. The molecule has 3 rings (SSSR count). The SMILES string of the molecule is OC1(O)NC2OCC1CO2. The van der Waals surface area contributed by atoms with E-state index in [1.165, 1.54) is 0 Å². The highest BCUT2D eigenvalue weighted by molar-refractivity contribution is 4.81. The number of fused-ring (bicyclic) bond motifs is 3. The summed E-state index contributed by atoms with van der Waals surface area (Å²) in [4.78, 5) is 0. The summed E-state index contributed by atoms with van der Waals surface area (Å²) in [6.07, 6.45) is -0.653. The first-order chi connectivity index (χ1) is 4.68. The largest absolute Gasteiger partial charge is 0.353 e. The Labute approximate surface area is 57.6 Å². The molecule has 0 saturated carbocycles. The van der Waals surface area contributed by atoms with Crippen molar-refractivity contribution in [3.63, 3.8) is 0 Å². The second-order valence-electron chi connectivity index (χ2n) is 2.57. The molecule has 10 heavy (non-hydrogen) atoms. The van der Waals surface area contributed by atoms with E-state index in [2.05, 4.69) is 5.32 Å². The number of ether oxygens (including phenoxy) is 2. The molecule has 0 aromatic rings. The third-order valence-electron chi connectivity index (χ3n) is 1.80. The van der Waals surface area contributed by atoms with Gasteiger partial charge in [0.15, 0.2) is 0 Å². The summed E-state index contributed by atoms with van der Waals surface area (Å²) in [6.45, 7) is 0.676. The number of aliphatic hydroxyl groups is 2. The van der Waals surface area contributed by atoms with Crippen LogP contribution in [-0.2, 0) is 9.47 Å². The smallest absolute Gasteiger partial charge is 0.233 e. The molecule has 0 spiro atoms. The fraction of sp³-hybridized carbons (Fsp3) is 1.00. The van der Waals surface area contributed by atoms with Crippen molar-refractivity contribution in [3.8, 4) is 0 Å². The van der Waals surface area contributed by atoms with Crippen LogP contribution < -0.4 is 5.32 Å². The predicted octanol–water partition coefficient (Wildman–Crippen LogP) is -1.83. The molecule has 3 aliphatic rings. The summed E-state index contributed by atoms with van der Waals surface area (Å²) < 4.78 is 9.92. The summed E-state index contributed by atoms with van der Waals surface area (Å²) in [5.41, 5.74) is 0. The first-order valence-electron chi connectivity index (χ1n) is 3.14.